The van der Waals surface area contributed by atoms with E-state index in [0.29, 0.717) is 12.8 Å². The van der Waals surface area contributed by atoms with Gasteiger partial charge in [0, 0.05) is 71.8 Å². The van der Waals surface area contributed by atoms with Crippen molar-refractivity contribution in [2.45, 2.75) is 91.3 Å². The maximum absolute atomic E-state index is 11.1. The molecule has 0 fully saturated rings. The maximum Gasteiger partial charge on any atom is 0.305 e. The Morgan fingerprint density at radius 2 is 1.71 bits per heavy atom. The number of esters is 1. The fourth-order valence-electron chi connectivity index (χ4n) is 2.86. The first kappa shape index (κ1) is 36.0. The number of ether oxygens (including phenoxy) is 1. The second-order valence-electron chi connectivity index (χ2n) is 7.42. The van der Waals surface area contributed by atoms with Crippen molar-refractivity contribution in [3.05, 3.63) is 47.4 Å². The Labute approximate surface area is 240 Å². The van der Waals surface area contributed by atoms with Crippen molar-refractivity contribution >= 4 is 12.0 Å². The molecule has 0 aliphatic carbocycles. The molecule has 0 aliphatic heterocycles. The van der Waals surface area contributed by atoms with Gasteiger partial charge in [0.15, 0.2) is 0 Å². The van der Waals surface area contributed by atoms with Crippen molar-refractivity contribution in [3.8, 4) is 0 Å². The molecule has 1 rings (SSSR count). The summed E-state index contributed by atoms with van der Waals surface area (Å²) in [6.07, 6.45) is 8.66. The third-order valence-electron chi connectivity index (χ3n) is 4.55. The van der Waals surface area contributed by atoms with Gasteiger partial charge in [-0.25, -0.2) is 0 Å². The van der Waals surface area contributed by atoms with E-state index >= 15 is 0 Å². The molecule has 0 heterocycles. The first-order valence-corrected chi connectivity index (χ1v) is 10.9. The number of hydrogen-bond donors (Lipinski definition) is 2. The third kappa shape index (κ3) is 17.6. The Kier molecular flexibility index (Phi) is 27.4. The smallest absolute Gasteiger partial charge is 0.305 e. The van der Waals surface area contributed by atoms with Crippen LogP contribution in [0, 0.1) is 5.92 Å². The molecular weight excluding hydrogens is 542 g/mol. The van der Waals surface area contributed by atoms with Crippen LogP contribution in [0.5, 0.6) is 0 Å². The average molecular weight is 583 g/mol. The summed E-state index contributed by atoms with van der Waals surface area (Å²) in [4.78, 5) is 11.1. The molecule has 0 spiro atoms. The predicted octanol–water partition coefficient (Wildman–Crippen LogP) is 5.70. The molecule has 0 saturated heterocycles. The number of carbonyl (C=O) groups is 1. The summed E-state index contributed by atoms with van der Waals surface area (Å²) in [7, 11) is 1.34. The van der Waals surface area contributed by atoms with Crippen LogP contribution < -0.4 is 0 Å². The van der Waals surface area contributed by atoms with Crippen LogP contribution in [0.3, 0.4) is 0 Å². The van der Waals surface area contributed by atoms with Crippen LogP contribution in [0.4, 0.5) is 0 Å². The van der Waals surface area contributed by atoms with Gasteiger partial charge < -0.3 is 14.9 Å². The summed E-state index contributed by atoms with van der Waals surface area (Å²) in [6.45, 7) is 8.60. The molecule has 6 heteroatoms. The number of carbonyl (C=O) groups excluding carboxylic acids is 1. The average Bonchev–Trinajstić information content (AvgIpc) is 2.72. The Morgan fingerprint density at radius 3 is 2.29 bits per heavy atom. The number of unbranched alkanes of at least 4 members (excludes halogenated alkanes) is 2. The molecule has 1 aromatic carbocycles. The van der Waals surface area contributed by atoms with Crippen molar-refractivity contribution in [2.24, 2.45) is 0 Å². The van der Waals surface area contributed by atoms with Crippen molar-refractivity contribution in [1.82, 2.24) is 0 Å². The predicted molar refractivity (Wildman–Crippen MR) is 121 cm³/mol. The molecule has 0 saturated carbocycles. The number of benzene rings is 1. The summed E-state index contributed by atoms with van der Waals surface area (Å²) in [5, 5.41) is 20.2. The zero-order valence-corrected chi connectivity index (χ0v) is 25.8. The molecule has 0 aliphatic rings. The minimum absolute atomic E-state index is 0. The van der Waals surface area contributed by atoms with Crippen LogP contribution in [0.1, 0.15) is 90.2 Å². The van der Waals surface area contributed by atoms with E-state index in [2.05, 4.69) is 38.5 Å². The Hall–Kier alpha value is 0.428. The molecule has 2 N–H and O–H groups in total. The van der Waals surface area contributed by atoms with Crippen molar-refractivity contribution < 1.29 is 85.2 Å². The zero-order chi connectivity index (χ0) is 22.1. The maximum atomic E-state index is 11.1. The number of aliphatic hydroxyl groups excluding tert-OH is 2. The van der Waals surface area contributed by atoms with Gasteiger partial charge in [-0.15, -0.1) is 23.8 Å². The number of rotatable bonds is 12. The van der Waals surface area contributed by atoms with E-state index < -0.39 is 12.2 Å². The molecule has 0 bridgehead atoms. The van der Waals surface area contributed by atoms with Crippen LogP contribution in [0.25, 0.3) is 6.08 Å². The molecule has 2 radical (unpaired) electrons. The number of aliphatic hydroxyl groups is 2. The standard InChI is InChI=1S/C22H33O4.C3H8.2Y/c1-4-5-6-10-17(2)19-12-8-7-11-18(19)15-16-21(24)20(23)13-9-14-22(25)26-3;1-3-2;;/h7-8,11-12,15-16,20-21,23-24H,4-6,9-10,13-14H2,1-3H3;3H2,1-2H3;;/q-1;;;/b16-15+;;;. The zero-order valence-electron chi connectivity index (χ0n) is 20.1. The first-order valence-electron chi connectivity index (χ1n) is 10.9. The van der Waals surface area contributed by atoms with E-state index in [1.807, 2.05) is 24.3 Å². The van der Waals surface area contributed by atoms with Crippen molar-refractivity contribution in [2.75, 3.05) is 7.11 Å². The molecule has 1 aromatic rings. The van der Waals surface area contributed by atoms with Crippen molar-refractivity contribution in [3.63, 3.8) is 0 Å². The molecule has 2 atom stereocenters. The van der Waals surface area contributed by atoms with Gasteiger partial charge in [0.25, 0.3) is 0 Å². The topological polar surface area (TPSA) is 66.8 Å². The van der Waals surface area contributed by atoms with Crippen LogP contribution in [0.15, 0.2) is 30.3 Å². The molecule has 0 aromatic heterocycles. The van der Waals surface area contributed by atoms with Crippen LogP contribution in [-0.4, -0.2) is 35.5 Å². The molecule has 2 unspecified atom stereocenters. The second-order valence-corrected chi connectivity index (χ2v) is 7.42. The van der Waals surface area contributed by atoms with Crippen LogP contribution in [-0.2, 0) is 74.9 Å². The fourth-order valence-corrected chi connectivity index (χ4v) is 2.86. The summed E-state index contributed by atoms with van der Waals surface area (Å²) >= 11 is 0. The summed E-state index contributed by atoms with van der Waals surface area (Å²) in [5.74, 6) is 1.04. The van der Waals surface area contributed by atoms with E-state index in [1.165, 1.54) is 44.3 Å². The monoisotopic (exact) mass is 583 g/mol. The molecule has 4 nitrogen and oxygen atoms in total. The van der Waals surface area contributed by atoms with Gasteiger partial charge in [0.05, 0.1) is 19.3 Å². The van der Waals surface area contributed by atoms with Crippen molar-refractivity contribution in [1.29, 1.82) is 0 Å². The second kappa shape index (κ2) is 23.6. The van der Waals surface area contributed by atoms with Gasteiger partial charge >= 0.3 is 5.97 Å². The Balaban J connectivity index is -0.00000148. The van der Waals surface area contributed by atoms with Crippen LogP contribution in [0.2, 0.25) is 0 Å². The molecular formula is C25H41O4Y2-. The molecule has 0 amide bonds. The normalized spacial score (nSPS) is 12.0. The van der Waals surface area contributed by atoms with Gasteiger partial charge in [0.2, 0.25) is 0 Å². The van der Waals surface area contributed by atoms with E-state index in [9.17, 15) is 15.0 Å². The molecule has 172 valence electrons. The third-order valence-corrected chi connectivity index (χ3v) is 4.55. The minimum Gasteiger partial charge on any atom is -0.469 e. The van der Waals surface area contributed by atoms with E-state index in [0.717, 1.165) is 12.0 Å². The minimum atomic E-state index is -0.957. The SMILES string of the molecule is CCC.CCCCC[C-](C)c1ccccc1/C=C/C(O)C(O)CCCC(=O)OC.[Y].[Y]. The Morgan fingerprint density at radius 1 is 1.10 bits per heavy atom. The number of hydrogen-bond acceptors (Lipinski definition) is 4. The van der Waals surface area contributed by atoms with Crippen LogP contribution >= 0.6 is 0 Å². The number of methoxy groups -OCH3 is 1. The quantitative estimate of drug-likeness (QED) is 0.188. The molecule has 31 heavy (non-hydrogen) atoms. The van der Waals surface area contributed by atoms with E-state index in [4.69, 9.17) is 0 Å². The summed E-state index contributed by atoms with van der Waals surface area (Å²) in [6, 6.07) is 8.11. The summed E-state index contributed by atoms with van der Waals surface area (Å²) < 4.78 is 4.57. The fraction of sp³-hybridized carbons (Fsp3) is 0.600. The van der Waals surface area contributed by atoms with Gasteiger partial charge in [-0.05, 0) is 12.8 Å². The van der Waals surface area contributed by atoms with E-state index in [-0.39, 0.29) is 77.8 Å². The first-order chi connectivity index (χ1) is 13.9. The van der Waals surface area contributed by atoms with Gasteiger partial charge in [-0.1, -0.05) is 71.9 Å². The van der Waals surface area contributed by atoms with Gasteiger partial charge in [-0.2, -0.15) is 17.5 Å². The van der Waals surface area contributed by atoms with E-state index in [1.54, 1.807) is 6.08 Å². The summed E-state index contributed by atoms with van der Waals surface area (Å²) in [5.41, 5.74) is 2.23. The Bertz CT molecular complexity index is 578. The van der Waals surface area contributed by atoms with Gasteiger partial charge in [-0.3, -0.25) is 4.79 Å². The van der Waals surface area contributed by atoms with Gasteiger partial charge in [0.1, 0.15) is 0 Å². The largest absolute Gasteiger partial charge is 0.469 e.